The largest absolute Gasteiger partial charge is 0.352 e. The molecular weight excluding hydrogens is 296 g/mol. The summed E-state index contributed by atoms with van der Waals surface area (Å²) in [5.41, 5.74) is 6.46. The summed E-state index contributed by atoms with van der Waals surface area (Å²) >= 11 is 0. The molecule has 1 heterocycles. The van der Waals surface area contributed by atoms with Crippen LogP contribution >= 0.6 is 0 Å². The molecule has 0 aliphatic carbocycles. The number of benzene rings is 2. The van der Waals surface area contributed by atoms with Crippen molar-refractivity contribution in [2.75, 3.05) is 0 Å². The van der Waals surface area contributed by atoms with Gasteiger partial charge in [0.05, 0.1) is 0 Å². The number of fused-ring (bicyclic) bond motifs is 1. The first-order valence-corrected chi connectivity index (χ1v) is 8.82. The third-order valence-electron chi connectivity index (χ3n) is 4.84. The van der Waals surface area contributed by atoms with Crippen molar-refractivity contribution in [2.24, 2.45) is 0 Å². The summed E-state index contributed by atoms with van der Waals surface area (Å²) in [6.07, 6.45) is 1.57. The highest BCUT2D eigenvalue weighted by atomic mass is 16.1. The zero-order chi connectivity index (χ0) is 16.9. The monoisotopic (exact) mass is 322 g/mol. The molecule has 0 fully saturated rings. The third kappa shape index (κ3) is 4.04. The minimum Gasteiger partial charge on any atom is -0.352 e. The van der Waals surface area contributed by atoms with E-state index in [1.54, 1.807) is 0 Å². The SMILES string of the molecule is CCc1ccc(C(C)CC(=O)NCc2ccc3c(c2)CNC3)cc1. The van der Waals surface area contributed by atoms with E-state index in [-0.39, 0.29) is 11.8 Å². The van der Waals surface area contributed by atoms with Crippen LogP contribution in [-0.4, -0.2) is 5.91 Å². The van der Waals surface area contributed by atoms with Crippen molar-refractivity contribution >= 4 is 5.91 Å². The molecule has 1 aliphatic heterocycles. The summed E-state index contributed by atoms with van der Waals surface area (Å²) in [5.74, 6) is 0.348. The number of hydrogen-bond acceptors (Lipinski definition) is 2. The fourth-order valence-electron chi connectivity index (χ4n) is 3.21. The molecule has 24 heavy (non-hydrogen) atoms. The first kappa shape index (κ1) is 16.7. The lowest BCUT2D eigenvalue weighted by molar-refractivity contribution is -0.121. The molecule has 1 unspecified atom stereocenters. The topological polar surface area (TPSA) is 41.1 Å². The van der Waals surface area contributed by atoms with E-state index < -0.39 is 0 Å². The molecule has 3 rings (SSSR count). The van der Waals surface area contributed by atoms with Gasteiger partial charge in [0.15, 0.2) is 0 Å². The van der Waals surface area contributed by atoms with Gasteiger partial charge in [0, 0.05) is 26.1 Å². The van der Waals surface area contributed by atoms with E-state index >= 15 is 0 Å². The van der Waals surface area contributed by atoms with Gasteiger partial charge in [-0.1, -0.05) is 56.3 Å². The predicted octanol–water partition coefficient (Wildman–Crippen LogP) is 3.66. The first-order chi connectivity index (χ1) is 11.7. The molecule has 2 aromatic carbocycles. The fraction of sp³-hybridized carbons (Fsp3) is 0.381. The van der Waals surface area contributed by atoms with Gasteiger partial charge in [-0.05, 0) is 40.2 Å². The van der Waals surface area contributed by atoms with Crippen molar-refractivity contribution in [3.8, 4) is 0 Å². The van der Waals surface area contributed by atoms with Crippen LogP contribution in [0.1, 0.15) is 54.0 Å². The number of rotatable bonds is 6. The molecule has 3 heteroatoms. The van der Waals surface area contributed by atoms with E-state index in [0.717, 1.165) is 19.5 Å². The third-order valence-corrected chi connectivity index (χ3v) is 4.84. The van der Waals surface area contributed by atoms with Crippen molar-refractivity contribution in [2.45, 2.75) is 52.2 Å². The van der Waals surface area contributed by atoms with Crippen LogP contribution < -0.4 is 10.6 Å². The van der Waals surface area contributed by atoms with Gasteiger partial charge < -0.3 is 10.6 Å². The summed E-state index contributed by atoms with van der Waals surface area (Å²) in [6.45, 7) is 6.76. The van der Waals surface area contributed by atoms with Crippen molar-refractivity contribution in [1.29, 1.82) is 0 Å². The number of carbonyl (C=O) groups excluding carboxylic acids is 1. The van der Waals surface area contributed by atoms with Gasteiger partial charge in [-0.2, -0.15) is 0 Å². The second-order valence-corrected chi connectivity index (χ2v) is 6.68. The normalized spacial score (nSPS) is 14.2. The lowest BCUT2D eigenvalue weighted by Crippen LogP contribution is -2.24. The molecule has 0 spiro atoms. The minimum atomic E-state index is 0.112. The van der Waals surface area contributed by atoms with Crippen LogP contribution in [0.15, 0.2) is 42.5 Å². The maximum atomic E-state index is 12.2. The van der Waals surface area contributed by atoms with Crippen LogP contribution in [0, 0.1) is 0 Å². The number of nitrogens with one attached hydrogen (secondary N) is 2. The van der Waals surface area contributed by atoms with Crippen LogP contribution in [0.4, 0.5) is 0 Å². The summed E-state index contributed by atoms with van der Waals surface area (Å²) < 4.78 is 0. The Hall–Kier alpha value is -2.13. The molecule has 0 saturated carbocycles. The maximum Gasteiger partial charge on any atom is 0.220 e. The van der Waals surface area contributed by atoms with Crippen LogP contribution in [0.3, 0.4) is 0 Å². The van der Waals surface area contributed by atoms with E-state index in [0.29, 0.717) is 13.0 Å². The summed E-state index contributed by atoms with van der Waals surface area (Å²) in [4.78, 5) is 12.2. The Kier molecular flexibility index (Phi) is 5.31. The molecule has 126 valence electrons. The lowest BCUT2D eigenvalue weighted by Gasteiger charge is -2.13. The number of amides is 1. The van der Waals surface area contributed by atoms with Crippen LogP contribution in [0.25, 0.3) is 0 Å². The average molecular weight is 322 g/mol. The van der Waals surface area contributed by atoms with Crippen LogP contribution in [0.2, 0.25) is 0 Å². The average Bonchev–Trinajstić information content (AvgIpc) is 3.07. The van der Waals surface area contributed by atoms with Gasteiger partial charge >= 0.3 is 0 Å². The highest BCUT2D eigenvalue weighted by Crippen LogP contribution is 2.20. The summed E-state index contributed by atoms with van der Waals surface area (Å²) in [5, 5.41) is 6.40. The van der Waals surface area contributed by atoms with Gasteiger partial charge in [-0.3, -0.25) is 4.79 Å². The minimum absolute atomic E-state index is 0.112. The maximum absolute atomic E-state index is 12.2. The quantitative estimate of drug-likeness (QED) is 0.852. The Morgan fingerprint density at radius 3 is 2.54 bits per heavy atom. The standard InChI is InChI=1S/C21H26N2O/c1-3-16-4-7-18(8-5-16)15(2)10-21(24)23-12-17-6-9-19-13-22-14-20(19)11-17/h4-9,11,15,22H,3,10,12-14H2,1-2H3,(H,23,24). The van der Waals surface area contributed by atoms with Gasteiger partial charge in [0.2, 0.25) is 5.91 Å². The van der Waals surface area contributed by atoms with Crippen LogP contribution in [-0.2, 0) is 30.8 Å². The Morgan fingerprint density at radius 1 is 1.08 bits per heavy atom. The molecule has 2 aromatic rings. The molecule has 0 aromatic heterocycles. The molecule has 0 bridgehead atoms. The van der Waals surface area contributed by atoms with E-state index in [2.05, 4.69) is 66.9 Å². The van der Waals surface area contributed by atoms with Crippen molar-refractivity contribution in [3.05, 3.63) is 70.3 Å². The Morgan fingerprint density at radius 2 is 1.79 bits per heavy atom. The number of hydrogen-bond donors (Lipinski definition) is 2. The molecule has 0 saturated heterocycles. The Bertz CT molecular complexity index is 706. The van der Waals surface area contributed by atoms with Gasteiger partial charge in [-0.25, -0.2) is 0 Å². The zero-order valence-electron chi connectivity index (χ0n) is 14.6. The van der Waals surface area contributed by atoms with E-state index in [9.17, 15) is 4.79 Å². The Labute approximate surface area is 144 Å². The molecule has 2 N–H and O–H groups in total. The smallest absolute Gasteiger partial charge is 0.220 e. The predicted molar refractivity (Wildman–Crippen MR) is 97.7 cm³/mol. The van der Waals surface area contributed by atoms with E-state index in [4.69, 9.17) is 0 Å². The van der Waals surface area contributed by atoms with Gasteiger partial charge in [-0.15, -0.1) is 0 Å². The van der Waals surface area contributed by atoms with Crippen LogP contribution in [0.5, 0.6) is 0 Å². The zero-order valence-corrected chi connectivity index (χ0v) is 14.6. The number of aryl methyl sites for hydroxylation is 1. The second-order valence-electron chi connectivity index (χ2n) is 6.68. The van der Waals surface area contributed by atoms with E-state index in [1.807, 2.05) is 0 Å². The first-order valence-electron chi connectivity index (χ1n) is 8.82. The molecule has 1 amide bonds. The van der Waals surface area contributed by atoms with Crippen molar-refractivity contribution in [3.63, 3.8) is 0 Å². The van der Waals surface area contributed by atoms with Crippen molar-refractivity contribution in [1.82, 2.24) is 10.6 Å². The molecule has 1 aliphatic rings. The van der Waals surface area contributed by atoms with E-state index in [1.165, 1.54) is 27.8 Å². The lowest BCUT2D eigenvalue weighted by atomic mass is 9.96. The second kappa shape index (κ2) is 7.63. The fourth-order valence-corrected chi connectivity index (χ4v) is 3.21. The highest BCUT2D eigenvalue weighted by Gasteiger charge is 2.13. The highest BCUT2D eigenvalue weighted by molar-refractivity contribution is 5.76. The summed E-state index contributed by atoms with van der Waals surface area (Å²) in [7, 11) is 0. The Balaban J connectivity index is 1.51. The molecule has 1 atom stereocenters. The van der Waals surface area contributed by atoms with Gasteiger partial charge in [0.1, 0.15) is 0 Å². The molecular formula is C21H26N2O. The van der Waals surface area contributed by atoms with Gasteiger partial charge in [0.25, 0.3) is 0 Å². The molecule has 3 nitrogen and oxygen atoms in total. The van der Waals surface area contributed by atoms with Crippen molar-refractivity contribution < 1.29 is 4.79 Å². The number of carbonyl (C=O) groups is 1. The molecule has 0 radical (unpaired) electrons. The summed E-state index contributed by atoms with van der Waals surface area (Å²) in [6, 6.07) is 15.1.